The Kier molecular flexibility index (Phi) is 6.97. The first-order valence-corrected chi connectivity index (χ1v) is 13.7. The molecule has 5 rings (SSSR count). The largest absolute Gasteiger partial charge is 0.282 e. The summed E-state index contributed by atoms with van der Waals surface area (Å²) in [6, 6.07) is 12.4. The molecule has 0 radical (unpaired) electrons. The Balaban J connectivity index is 1.37. The van der Waals surface area contributed by atoms with Crippen molar-refractivity contribution in [3.8, 4) is 0 Å². The highest BCUT2D eigenvalue weighted by Crippen LogP contribution is 2.34. The molecular formula is C25H21F3N4O3S2. The van der Waals surface area contributed by atoms with Crippen molar-refractivity contribution in [1.82, 2.24) is 14.3 Å². The first kappa shape index (κ1) is 25.3. The number of thiazole rings is 1. The average Bonchev–Trinajstić information content (AvgIpc) is 3.34. The van der Waals surface area contributed by atoms with Gasteiger partial charge in [0.05, 0.1) is 21.8 Å². The lowest BCUT2D eigenvalue weighted by Gasteiger charge is -2.33. The molecule has 2 aromatic heterocycles. The summed E-state index contributed by atoms with van der Waals surface area (Å²) < 4.78 is 68.9. The van der Waals surface area contributed by atoms with Crippen molar-refractivity contribution in [2.45, 2.75) is 24.3 Å². The zero-order valence-corrected chi connectivity index (χ0v) is 21.0. The summed E-state index contributed by atoms with van der Waals surface area (Å²) >= 11 is 1.19. The van der Waals surface area contributed by atoms with Crippen LogP contribution in [0.25, 0.3) is 10.2 Å². The number of pyridine rings is 1. The second kappa shape index (κ2) is 10.2. The SMILES string of the molecule is O=C(C1CCN(S(=O)(=O)c2ccc(F)c(F)c2)CC1)N(Cc1ccccn1)c1nc2c(F)cccc2s1. The van der Waals surface area contributed by atoms with Gasteiger partial charge in [-0.3, -0.25) is 14.7 Å². The number of nitrogens with zero attached hydrogens (tertiary/aromatic N) is 4. The molecule has 0 N–H and O–H groups in total. The highest BCUT2D eigenvalue weighted by molar-refractivity contribution is 7.89. The molecule has 4 aromatic rings. The predicted molar refractivity (Wildman–Crippen MR) is 133 cm³/mol. The number of piperidine rings is 1. The number of hydrogen-bond acceptors (Lipinski definition) is 6. The first-order chi connectivity index (χ1) is 17.7. The molecule has 192 valence electrons. The van der Waals surface area contributed by atoms with Crippen LogP contribution < -0.4 is 4.90 Å². The zero-order valence-electron chi connectivity index (χ0n) is 19.4. The van der Waals surface area contributed by atoms with Crippen LogP contribution in [0.3, 0.4) is 0 Å². The Bertz CT molecular complexity index is 1560. The lowest BCUT2D eigenvalue weighted by atomic mass is 9.96. The number of carbonyl (C=O) groups is 1. The van der Waals surface area contributed by atoms with Crippen molar-refractivity contribution in [3.05, 3.63) is 83.9 Å². The van der Waals surface area contributed by atoms with Gasteiger partial charge in [0.2, 0.25) is 15.9 Å². The third-order valence-electron chi connectivity index (χ3n) is 6.23. The van der Waals surface area contributed by atoms with Crippen LogP contribution in [0.4, 0.5) is 18.3 Å². The highest BCUT2D eigenvalue weighted by atomic mass is 32.2. The maximum Gasteiger partial charge on any atom is 0.243 e. The van der Waals surface area contributed by atoms with E-state index in [0.717, 1.165) is 12.1 Å². The van der Waals surface area contributed by atoms with Crippen LogP contribution in [-0.2, 0) is 21.4 Å². The fourth-order valence-electron chi connectivity index (χ4n) is 4.26. The van der Waals surface area contributed by atoms with Gasteiger partial charge in [0, 0.05) is 25.2 Å². The number of fused-ring (bicyclic) bond motifs is 1. The molecule has 0 aliphatic carbocycles. The fraction of sp³-hybridized carbons (Fsp3) is 0.240. The molecule has 1 saturated heterocycles. The van der Waals surface area contributed by atoms with Crippen LogP contribution in [0.5, 0.6) is 0 Å². The molecule has 0 bridgehead atoms. The molecule has 2 aromatic carbocycles. The van der Waals surface area contributed by atoms with Gasteiger partial charge in [-0.15, -0.1) is 0 Å². The van der Waals surface area contributed by atoms with Gasteiger partial charge >= 0.3 is 0 Å². The number of amides is 1. The van der Waals surface area contributed by atoms with Crippen LogP contribution in [0, 0.1) is 23.4 Å². The van der Waals surface area contributed by atoms with Crippen LogP contribution in [0.15, 0.2) is 65.7 Å². The summed E-state index contributed by atoms with van der Waals surface area (Å²) in [6.45, 7) is 0.182. The summed E-state index contributed by atoms with van der Waals surface area (Å²) in [4.78, 5) is 23.5. The lowest BCUT2D eigenvalue weighted by Crippen LogP contribution is -2.44. The van der Waals surface area contributed by atoms with E-state index in [-0.39, 0.29) is 48.8 Å². The zero-order chi connectivity index (χ0) is 26.2. The molecule has 1 amide bonds. The van der Waals surface area contributed by atoms with Crippen LogP contribution in [0.1, 0.15) is 18.5 Å². The normalized spacial score (nSPS) is 15.2. The Morgan fingerprint density at radius 3 is 2.46 bits per heavy atom. The standard InChI is InChI=1S/C25H21F3N4O3S2/c26-19-8-7-18(14-21(19)28)37(34,35)31-12-9-16(10-13-31)24(33)32(15-17-4-1-2-11-29-17)25-30-23-20(27)5-3-6-22(23)36-25/h1-8,11,14,16H,9-10,12-13,15H2. The second-order valence-electron chi connectivity index (χ2n) is 8.58. The minimum atomic E-state index is -4.05. The number of aromatic nitrogens is 2. The van der Waals surface area contributed by atoms with E-state index in [4.69, 9.17) is 0 Å². The number of benzene rings is 2. The van der Waals surface area contributed by atoms with Crippen LogP contribution in [-0.4, -0.2) is 41.7 Å². The topological polar surface area (TPSA) is 83.5 Å². The second-order valence-corrected chi connectivity index (χ2v) is 11.5. The predicted octanol–water partition coefficient (Wildman–Crippen LogP) is 4.74. The van der Waals surface area contributed by atoms with Gasteiger partial charge in [-0.1, -0.05) is 23.5 Å². The molecule has 0 atom stereocenters. The molecule has 37 heavy (non-hydrogen) atoms. The maximum atomic E-state index is 14.3. The Labute approximate surface area is 215 Å². The highest BCUT2D eigenvalue weighted by Gasteiger charge is 2.35. The number of rotatable bonds is 6. The summed E-state index contributed by atoms with van der Waals surface area (Å²) in [5.74, 6) is -3.65. The van der Waals surface area contributed by atoms with E-state index in [9.17, 15) is 26.4 Å². The molecular weight excluding hydrogens is 525 g/mol. The molecule has 0 spiro atoms. The van der Waals surface area contributed by atoms with Crippen molar-refractivity contribution in [3.63, 3.8) is 0 Å². The van der Waals surface area contributed by atoms with Gasteiger partial charge in [0.15, 0.2) is 16.8 Å². The van der Waals surface area contributed by atoms with Gasteiger partial charge in [-0.2, -0.15) is 4.31 Å². The van der Waals surface area contributed by atoms with Crippen molar-refractivity contribution in [2.24, 2.45) is 5.92 Å². The lowest BCUT2D eigenvalue weighted by molar-refractivity contribution is -0.123. The van der Waals surface area contributed by atoms with Crippen LogP contribution in [0.2, 0.25) is 0 Å². The molecule has 1 aliphatic rings. The maximum absolute atomic E-state index is 14.3. The Hall–Kier alpha value is -3.35. The van der Waals surface area contributed by atoms with E-state index in [1.807, 2.05) is 0 Å². The summed E-state index contributed by atoms with van der Waals surface area (Å²) in [5, 5.41) is 0.326. The number of carbonyl (C=O) groups excluding carboxylic acids is 1. The molecule has 12 heteroatoms. The quantitative estimate of drug-likeness (QED) is 0.349. The van der Waals surface area contributed by atoms with Crippen molar-refractivity contribution >= 4 is 42.6 Å². The third kappa shape index (κ3) is 5.09. The van der Waals surface area contributed by atoms with E-state index in [1.54, 1.807) is 36.5 Å². The molecule has 0 unspecified atom stereocenters. The number of anilines is 1. The molecule has 0 saturated carbocycles. The molecule has 1 fully saturated rings. The molecule has 3 heterocycles. The van der Waals surface area contributed by atoms with E-state index in [0.29, 0.717) is 21.6 Å². The fourth-order valence-corrected chi connectivity index (χ4v) is 6.73. The smallest absolute Gasteiger partial charge is 0.243 e. The molecule has 1 aliphatic heterocycles. The van der Waals surface area contributed by atoms with E-state index in [2.05, 4.69) is 9.97 Å². The van der Waals surface area contributed by atoms with E-state index >= 15 is 0 Å². The Morgan fingerprint density at radius 2 is 1.78 bits per heavy atom. The van der Waals surface area contributed by atoms with Crippen LogP contribution >= 0.6 is 11.3 Å². The van der Waals surface area contributed by atoms with E-state index in [1.165, 1.54) is 26.6 Å². The first-order valence-electron chi connectivity index (χ1n) is 11.5. The van der Waals surface area contributed by atoms with Gasteiger partial charge in [-0.05, 0) is 55.3 Å². The van der Waals surface area contributed by atoms with Crippen molar-refractivity contribution in [2.75, 3.05) is 18.0 Å². The minimum Gasteiger partial charge on any atom is -0.282 e. The Morgan fingerprint density at radius 1 is 1.00 bits per heavy atom. The number of hydrogen-bond donors (Lipinski definition) is 0. The van der Waals surface area contributed by atoms with Crippen molar-refractivity contribution in [1.29, 1.82) is 0 Å². The average molecular weight is 547 g/mol. The third-order valence-corrected chi connectivity index (χ3v) is 9.17. The van der Waals surface area contributed by atoms with Crippen molar-refractivity contribution < 1.29 is 26.4 Å². The number of para-hydroxylation sites is 1. The van der Waals surface area contributed by atoms with Gasteiger partial charge < -0.3 is 0 Å². The summed E-state index contributed by atoms with van der Waals surface area (Å²) in [6.07, 6.45) is 2.05. The summed E-state index contributed by atoms with van der Waals surface area (Å²) in [5.41, 5.74) is 0.794. The van der Waals surface area contributed by atoms with Gasteiger partial charge in [-0.25, -0.2) is 26.6 Å². The summed E-state index contributed by atoms with van der Waals surface area (Å²) in [7, 11) is -4.05. The van der Waals surface area contributed by atoms with Gasteiger partial charge in [0.1, 0.15) is 11.3 Å². The van der Waals surface area contributed by atoms with E-state index < -0.39 is 33.4 Å². The monoisotopic (exact) mass is 546 g/mol. The van der Waals surface area contributed by atoms with Gasteiger partial charge in [0.25, 0.3) is 0 Å². The molecule has 7 nitrogen and oxygen atoms in total. The minimum absolute atomic E-state index is 0.0314. The number of sulfonamides is 1. The number of halogens is 3.